The Kier molecular flexibility index (Phi) is 4.66. The molecule has 1 aliphatic rings. The zero-order valence-corrected chi connectivity index (χ0v) is 12.0. The molecule has 1 aromatic carbocycles. The van der Waals surface area contributed by atoms with Crippen LogP contribution in [0.25, 0.3) is 0 Å². The maximum absolute atomic E-state index is 5.95. The van der Waals surface area contributed by atoms with Crippen molar-refractivity contribution in [3.63, 3.8) is 0 Å². The molecule has 1 heterocycles. The third kappa shape index (κ3) is 3.98. The summed E-state index contributed by atoms with van der Waals surface area (Å²) in [7, 11) is 0. The first-order chi connectivity index (χ1) is 8.59. The molecule has 1 N–H and O–H groups in total. The van der Waals surface area contributed by atoms with E-state index in [9.17, 15) is 0 Å². The molecule has 2 nitrogen and oxygen atoms in total. The van der Waals surface area contributed by atoms with E-state index in [2.05, 4.69) is 43.4 Å². The molecule has 1 unspecified atom stereocenters. The van der Waals surface area contributed by atoms with Crippen LogP contribution in [0.2, 0.25) is 0 Å². The fourth-order valence-corrected chi connectivity index (χ4v) is 2.59. The van der Waals surface area contributed by atoms with Crippen LogP contribution in [0, 0.1) is 0 Å². The Bertz CT molecular complexity index is 392. The molecule has 0 saturated carbocycles. The molecular formula is C15H22ClNO. The van der Waals surface area contributed by atoms with Gasteiger partial charge in [0.25, 0.3) is 0 Å². The fourth-order valence-electron chi connectivity index (χ4n) is 2.42. The number of ether oxygens (including phenoxy) is 1. The van der Waals surface area contributed by atoms with E-state index in [1.54, 1.807) is 0 Å². The molecule has 1 atom stereocenters. The zero-order chi connectivity index (χ0) is 13.0. The average Bonchev–Trinajstić information content (AvgIpc) is 2.69. The van der Waals surface area contributed by atoms with Gasteiger partial charge in [0.15, 0.2) is 0 Å². The van der Waals surface area contributed by atoms with Gasteiger partial charge in [-0.1, -0.05) is 24.3 Å². The molecular weight excluding hydrogens is 246 g/mol. The summed E-state index contributed by atoms with van der Waals surface area (Å²) in [4.78, 5) is 0. The van der Waals surface area contributed by atoms with Gasteiger partial charge in [-0.15, -0.1) is 11.6 Å². The molecule has 3 heteroatoms. The minimum Gasteiger partial charge on any atom is -0.371 e. The van der Waals surface area contributed by atoms with Gasteiger partial charge in [0.05, 0.1) is 11.7 Å². The van der Waals surface area contributed by atoms with Gasteiger partial charge in [-0.3, -0.25) is 0 Å². The highest BCUT2D eigenvalue weighted by atomic mass is 35.5. The van der Waals surface area contributed by atoms with Crippen molar-refractivity contribution >= 4 is 11.6 Å². The van der Waals surface area contributed by atoms with E-state index >= 15 is 0 Å². The smallest absolute Gasteiger partial charge is 0.0707 e. The van der Waals surface area contributed by atoms with Gasteiger partial charge in [-0.05, 0) is 37.8 Å². The van der Waals surface area contributed by atoms with Crippen LogP contribution in [0.5, 0.6) is 0 Å². The second-order valence-corrected chi connectivity index (χ2v) is 5.89. The number of rotatable bonds is 5. The minimum absolute atomic E-state index is 0.0604. The Labute approximate surface area is 115 Å². The van der Waals surface area contributed by atoms with E-state index in [-0.39, 0.29) is 5.60 Å². The number of benzene rings is 1. The molecule has 1 saturated heterocycles. The molecule has 100 valence electrons. The lowest BCUT2D eigenvalue weighted by Crippen LogP contribution is -2.29. The molecule has 0 aromatic heterocycles. The summed E-state index contributed by atoms with van der Waals surface area (Å²) >= 11 is 5.83. The molecule has 0 radical (unpaired) electrons. The van der Waals surface area contributed by atoms with Crippen LogP contribution in [-0.2, 0) is 17.2 Å². The maximum Gasteiger partial charge on any atom is 0.0707 e. The molecule has 0 aliphatic carbocycles. The largest absolute Gasteiger partial charge is 0.371 e. The summed E-state index contributed by atoms with van der Waals surface area (Å²) < 4.78 is 5.95. The van der Waals surface area contributed by atoms with Crippen molar-refractivity contribution in [2.75, 3.05) is 6.54 Å². The summed E-state index contributed by atoms with van der Waals surface area (Å²) in [6.45, 7) is 6.13. The Morgan fingerprint density at radius 3 is 2.83 bits per heavy atom. The van der Waals surface area contributed by atoms with Crippen LogP contribution in [0.3, 0.4) is 0 Å². The summed E-state index contributed by atoms with van der Waals surface area (Å²) in [5.41, 5.74) is 2.52. The average molecular weight is 268 g/mol. The van der Waals surface area contributed by atoms with Gasteiger partial charge in [0.2, 0.25) is 0 Å². The van der Waals surface area contributed by atoms with Crippen LogP contribution < -0.4 is 5.32 Å². The first kappa shape index (κ1) is 13.9. The molecule has 1 fully saturated rings. The lowest BCUT2D eigenvalue weighted by Gasteiger charge is -2.19. The van der Waals surface area contributed by atoms with Crippen molar-refractivity contribution in [3.8, 4) is 0 Å². The highest BCUT2D eigenvalue weighted by molar-refractivity contribution is 6.17. The molecule has 18 heavy (non-hydrogen) atoms. The lowest BCUT2D eigenvalue weighted by molar-refractivity contribution is -0.0142. The van der Waals surface area contributed by atoms with Crippen molar-refractivity contribution in [1.29, 1.82) is 0 Å². The topological polar surface area (TPSA) is 21.3 Å². The van der Waals surface area contributed by atoms with Gasteiger partial charge in [0, 0.05) is 19.0 Å². The number of nitrogens with one attached hydrogen (secondary N) is 1. The van der Waals surface area contributed by atoms with Gasteiger partial charge in [-0.25, -0.2) is 0 Å². The Morgan fingerprint density at radius 2 is 2.17 bits per heavy atom. The van der Waals surface area contributed by atoms with Crippen LogP contribution >= 0.6 is 11.6 Å². The van der Waals surface area contributed by atoms with Crippen molar-refractivity contribution in [1.82, 2.24) is 5.32 Å². The molecule has 2 rings (SSSR count). The van der Waals surface area contributed by atoms with Crippen LogP contribution in [0.15, 0.2) is 24.3 Å². The van der Waals surface area contributed by atoms with E-state index in [1.807, 2.05) is 0 Å². The summed E-state index contributed by atoms with van der Waals surface area (Å²) in [6.07, 6.45) is 2.67. The molecule has 0 bridgehead atoms. The van der Waals surface area contributed by atoms with Crippen LogP contribution in [0.4, 0.5) is 0 Å². The number of alkyl halides is 1. The Morgan fingerprint density at radius 1 is 1.39 bits per heavy atom. The third-order valence-electron chi connectivity index (χ3n) is 3.40. The summed E-state index contributed by atoms with van der Waals surface area (Å²) in [5, 5.41) is 3.46. The number of hydrogen-bond acceptors (Lipinski definition) is 2. The monoisotopic (exact) mass is 267 g/mol. The highest BCUT2D eigenvalue weighted by Crippen LogP contribution is 2.28. The van der Waals surface area contributed by atoms with Gasteiger partial charge in [-0.2, -0.15) is 0 Å². The number of halogens is 1. The second-order valence-electron chi connectivity index (χ2n) is 5.62. The first-order valence-corrected chi connectivity index (χ1v) is 7.15. The predicted octanol–water partition coefficient (Wildman–Crippen LogP) is 3.47. The van der Waals surface area contributed by atoms with Crippen LogP contribution in [-0.4, -0.2) is 18.2 Å². The van der Waals surface area contributed by atoms with Crippen molar-refractivity contribution in [3.05, 3.63) is 35.4 Å². The minimum atomic E-state index is 0.0604. The Hall–Kier alpha value is -0.570. The van der Waals surface area contributed by atoms with E-state index < -0.39 is 0 Å². The lowest BCUT2D eigenvalue weighted by atomic mass is 10.1. The normalized spacial score (nSPS) is 22.3. The van der Waals surface area contributed by atoms with Gasteiger partial charge in [0.1, 0.15) is 0 Å². The fraction of sp³-hybridized carbons (Fsp3) is 0.600. The van der Waals surface area contributed by atoms with Crippen molar-refractivity contribution in [2.45, 2.75) is 50.8 Å². The standard InChI is InChI=1S/C15H22ClNO/c1-15(2)7-6-14(18-15)11-17-10-13-5-3-4-12(8-13)9-16/h3-5,8,14,17H,6-7,9-11H2,1-2H3. The second kappa shape index (κ2) is 6.05. The van der Waals surface area contributed by atoms with E-state index in [0.717, 1.165) is 25.9 Å². The summed E-state index contributed by atoms with van der Waals surface area (Å²) in [6, 6.07) is 8.39. The molecule has 0 spiro atoms. The third-order valence-corrected chi connectivity index (χ3v) is 3.71. The van der Waals surface area contributed by atoms with Crippen LogP contribution in [0.1, 0.15) is 37.8 Å². The Balaban J connectivity index is 1.75. The maximum atomic E-state index is 5.95. The molecule has 1 aromatic rings. The zero-order valence-electron chi connectivity index (χ0n) is 11.2. The molecule has 0 amide bonds. The number of hydrogen-bond donors (Lipinski definition) is 1. The molecule has 1 aliphatic heterocycles. The summed E-state index contributed by atoms with van der Waals surface area (Å²) in [5.74, 6) is 0.577. The highest BCUT2D eigenvalue weighted by Gasteiger charge is 2.30. The SMILES string of the molecule is CC1(C)CCC(CNCc2cccc(CCl)c2)O1. The van der Waals surface area contributed by atoms with E-state index in [1.165, 1.54) is 11.1 Å². The van der Waals surface area contributed by atoms with Gasteiger partial charge >= 0.3 is 0 Å². The first-order valence-electron chi connectivity index (χ1n) is 6.61. The van der Waals surface area contributed by atoms with Crippen molar-refractivity contribution < 1.29 is 4.74 Å². The van der Waals surface area contributed by atoms with E-state index in [0.29, 0.717) is 12.0 Å². The van der Waals surface area contributed by atoms with Gasteiger partial charge < -0.3 is 10.1 Å². The predicted molar refractivity (Wildman–Crippen MR) is 75.9 cm³/mol. The van der Waals surface area contributed by atoms with Crippen molar-refractivity contribution in [2.24, 2.45) is 0 Å². The quantitative estimate of drug-likeness (QED) is 0.825. The van der Waals surface area contributed by atoms with E-state index in [4.69, 9.17) is 16.3 Å².